The maximum atomic E-state index is 3.95. The van der Waals surface area contributed by atoms with E-state index in [0.29, 0.717) is 11.6 Å². The largest absolute Gasteiger partial charge is 0.312 e. The van der Waals surface area contributed by atoms with Gasteiger partial charge in [-0.1, -0.05) is 39.5 Å². The van der Waals surface area contributed by atoms with Crippen molar-refractivity contribution in [2.24, 2.45) is 11.8 Å². The molecule has 2 heteroatoms. The van der Waals surface area contributed by atoms with Gasteiger partial charge in [0.2, 0.25) is 0 Å². The minimum absolute atomic E-state index is 0.400. The van der Waals surface area contributed by atoms with Crippen molar-refractivity contribution in [3.05, 3.63) is 0 Å². The Bertz CT molecular complexity index is 284. The Hall–Kier alpha value is -0.0800. The van der Waals surface area contributed by atoms with Gasteiger partial charge in [-0.2, -0.15) is 0 Å². The summed E-state index contributed by atoms with van der Waals surface area (Å²) in [4.78, 5) is 2.58. The molecule has 21 heavy (non-hydrogen) atoms. The topological polar surface area (TPSA) is 15.3 Å². The van der Waals surface area contributed by atoms with Gasteiger partial charge in [-0.3, -0.25) is 0 Å². The summed E-state index contributed by atoms with van der Waals surface area (Å²) >= 11 is 0. The summed E-state index contributed by atoms with van der Waals surface area (Å²) in [6.07, 6.45) is 14.3. The van der Waals surface area contributed by atoms with Gasteiger partial charge in [0, 0.05) is 11.6 Å². The summed E-state index contributed by atoms with van der Waals surface area (Å²) in [5.41, 5.74) is 0.400. The Balaban J connectivity index is 2.19. The van der Waals surface area contributed by atoms with Crippen molar-refractivity contribution in [1.82, 2.24) is 10.2 Å². The molecule has 0 aliphatic heterocycles. The van der Waals surface area contributed by atoms with Crippen LogP contribution in [0.1, 0.15) is 78.1 Å². The molecule has 1 unspecified atom stereocenters. The first-order valence-electron chi connectivity index (χ1n) is 9.51. The molecule has 0 aromatic rings. The van der Waals surface area contributed by atoms with Crippen LogP contribution in [0, 0.1) is 11.8 Å². The number of nitrogens with one attached hydrogen (secondary N) is 1. The number of hydrogen-bond donors (Lipinski definition) is 1. The number of nitrogens with zero attached hydrogens (tertiary/aromatic N) is 1. The number of rotatable bonds is 5. The van der Waals surface area contributed by atoms with Crippen molar-refractivity contribution < 1.29 is 0 Å². The molecule has 0 radical (unpaired) electrons. The Kier molecular flexibility index (Phi) is 6.55. The van der Waals surface area contributed by atoms with Crippen molar-refractivity contribution in [3.63, 3.8) is 0 Å². The summed E-state index contributed by atoms with van der Waals surface area (Å²) in [5, 5.41) is 3.95. The molecule has 124 valence electrons. The first-order valence-corrected chi connectivity index (χ1v) is 9.51. The molecule has 0 amide bonds. The van der Waals surface area contributed by atoms with E-state index in [9.17, 15) is 0 Å². The lowest BCUT2D eigenvalue weighted by atomic mass is 9.67. The summed E-state index contributed by atoms with van der Waals surface area (Å²) < 4.78 is 0. The van der Waals surface area contributed by atoms with Crippen molar-refractivity contribution in [3.8, 4) is 0 Å². The highest BCUT2D eigenvalue weighted by Crippen LogP contribution is 2.42. The molecule has 0 aromatic heterocycles. The average Bonchev–Trinajstić information content (AvgIpc) is 2.75. The standard InChI is InChI=1S/C19H38N2/c1-5-20-18(17-10-8-6-7-9-11-17)19(21(3)4)14-12-16(2)13-15-19/h16-18,20H,5-15H2,1-4H3. The third-order valence-corrected chi connectivity index (χ3v) is 6.40. The molecule has 1 N–H and O–H groups in total. The SMILES string of the molecule is CCNC(C1CCCCCC1)C1(N(C)C)CCC(C)CC1. The van der Waals surface area contributed by atoms with E-state index in [1.165, 1.54) is 64.2 Å². The molecule has 0 bridgehead atoms. The van der Waals surface area contributed by atoms with E-state index in [4.69, 9.17) is 0 Å². The van der Waals surface area contributed by atoms with Crippen LogP contribution in [0.4, 0.5) is 0 Å². The molecule has 2 aliphatic carbocycles. The summed E-state index contributed by atoms with van der Waals surface area (Å²) in [6.45, 7) is 5.85. The highest BCUT2D eigenvalue weighted by atomic mass is 15.2. The highest BCUT2D eigenvalue weighted by molar-refractivity contribution is 5.04. The molecule has 0 aromatic carbocycles. The summed E-state index contributed by atoms with van der Waals surface area (Å²) in [7, 11) is 4.66. The van der Waals surface area contributed by atoms with Gasteiger partial charge >= 0.3 is 0 Å². The quantitative estimate of drug-likeness (QED) is 0.754. The van der Waals surface area contributed by atoms with E-state index < -0.39 is 0 Å². The lowest BCUT2D eigenvalue weighted by Gasteiger charge is -2.52. The molecule has 2 aliphatic rings. The number of hydrogen-bond acceptors (Lipinski definition) is 2. The molecule has 2 rings (SSSR count). The summed E-state index contributed by atoms with van der Waals surface area (Å²) in [5.74, 6) is 1.82. The zero-order valence-corrected chi connectivity index (χ0v) is 15.0. The second-order valence-corrected chi connectivity index (χ2v) is 7.97. The lowest BCUT2D eigenvalue weighted by Crippen LogP contribution is -2.63. The van der Waals surface area contributed by atoms with Gasteiger partial charge in [-0.25, -0.2) is 0 Å². The zero-order valence-electron chi connectivity index (χ0n) is 15.0. The molecule has 0 spiro atoms. The van der Waals surface area contributed by atoms with E-state index in [1.54, 1.807) is 0 Å². The van der Waals surface area contributed by atoms with Gasteiger partial charge in [-0.05, 0) is 71.0 Å². The molecule has 2 fully saturated rings. The Morgan fingerprint density at radius 3 is 2.05 bits per heavy atom. The molecule has 0 saturated heterocycles. The predicted molar refractivity (Wildman–Crippen MR) is 92.7 cm³/mol. The van der Waals surface area contributed by atoms with Crippen molar-refractivity contribution in [2.45, 2.75) is 89.6 Å². The van der Waals surface area contributed by atoms with E-state index >= 15 is 0 Å². The predicted octanol–water partition coefficient (Wildman–Crippen LogP) is 4.45. The lowest BCUT2D eigenvalue weighted by molar-refractivity contribution is 0.0184. The molecular weight excluding hydrogens is 256 g/mol. The highest BCUT2D eigenvalue weighted by Gasteiger charge is 2.45. The van der Waals surface area contributed by atoms with Crippen molar-refractivity contribution in [1.29, 1.82) is 0 Å². The van der Waals surface area contributed by atoms with Gasteiger partial charge in [0.05, 0.1) is 0 Å². The molecule has 1 atom stereocenters. The van der Waals surface area contributed by atoms with Crippen LogP contribution in [-0.2, 0) is 0 Å². The van der Waals surface area contributed by atoms with Crippen LogP contribution in [0.5, 0.6) is 0 Å². The van der Waals surface area contributed by atoms with Crippen LogP contribution >= 0.6 is 0 Å². The Morgan fingerprint density at radius 1 is 1.00 bits per heavy atom. The van der Waals surface area contributed by atoms with Crippen LogP contribution in [0.25, 0.3) is 0 Å². The zero-order chi connectivity index (χ0) is 15.3. The maximum absolute atomic E-state index is 3.95. The second-order valence-electron chi connectivity index (χ2n) is 7.97. The van der Waals surface area contributed by atoms with Gasteiger partial charge in [0.15, 0.2) is 0 Å². The minimum atomic E-state index is 0.400. The van der Waals surface area contributed by atoms with Gasteiger partial charge in [0.1, 0.15) is 0 Å². The molecule has 2 saturated carbocycles. The average molecular weight is 295 g/mol. The Morgan fingerprint density at radius 2 is 1.57 bits per heavy atom. The molecule has 0 heterocycles. The second kappa shape index (κ2) is 7.97. The smallest absolute Gasteiger partial charge is 0.0359 e. The van der Waals surface area contributed by atoms with Crippen molar-refractivity contribution in [2.75, 3.05) is 20.6 Å². The van der Waals surface area contributed by atoms with Crippen LogP contribution in [0.2, 0.25) is 0 Å². The van der Waals surface area contributed by atoms with Gasteiger partial charge in [-0.15, -0.1) is 0 Å². The third kappa shape index (κ3) is 4.01. The van der Waals surface area contributed by atoms with E-state index in [1.807, 2.05) is 0 Å². The normalized spacial score (nSPS) is 33.9. The van der Waals surface area contributed by atoms with Crippen LogP contribution in [-0.4, -0.2) is 37.1 Å². The first kappa shape index (κ1) is 17.3. The van der Waals surface area contributed by atoms with Gasteiger partial charge < -0.3 is 10.2 Å². The van der Waals surface area contributed by atoms with E-state index in [0.717, 1.165) is 18.4 Å². The van der Waals surface area contributed by atoms with E-state index in [2.05, 4.69) is 38.2 Å². The molecular formula is C19H38N2. The fraction of sp³-hybridized carbons (Fsp3) is 1.00. The van der Waals surface area contributed by atoms with E-state index in [-0.39, 0.29) is 0 Å². The van der Waals surface area contributed by atoms with Crippen LogP contribution in [0.3, 0.4) is 0 Å². The monoisotopic (exact) mass is 294 g/mol. The van der Waals surface area contributed by atoms with Gasteiger partial charge in [0.25, 0.3) is 0 Å². The molecule has 2 nitrogen and oxygen atoms in total. The maximum Gasteiger partial charge on any atom is 0.0359 e. The number of likely N-dealkylation sites (N-methyl/N-ethyl adjacent to an activating group) is 2. The van der Waals surface area contributed by atoms with Crippen molar-refractivity contribution >= 4 is 0 Å². The first-order chi connectivity index (χ1) is 10.1. The summed E-state index contributed by atoms with van der Waals surface area (Å²) in [6, 6.07) is 0.697. The fourth-order valence-electron chi connectivity index (χ4n) is 4.96. The Labute approximate surface area is 133 Å². The minimum Gasteiger partial charge on any atom is -0.312 e. The third-order valence-electron chi connectivity index (χ3n) is 6.40. The van der Waals surface area contributed by atoms with Crippen LogP contribution < -0.4 is 5.32 Å². The fourth-order valence-corrected chi connectivity index (χ4v) is 4.96. The van der Waals surface area contributed by atoms with Crippen LogP contribution in [0.15, 0.2) is 0 Å².